The second-order valence-electron chi connectivity index (χ2n) is 7.84. The van der Waals surface area contributed by atoms with E-state index in [9.17, 15) is 0 Å². The summed E-state index contributed by atoms with van der Waals surface area (Å²) >= 11 is 0. The van der Waals surface area contributed by atoms with Gasteiger partial charge in [0.15, 0.2) is 5.96 Å². The number of hydrogen-bond donors (Lipinski definition) is 2. The third-order valence-electron chi connectivity index (χ3n) is 5.57. The monoisotopic (exact) mass is 515 g/mol. The molecule has 0 radical (unpaired) electrons. The number of aliphatic imine (C=N–C) groups is 1. The minimum atomic E-state index is 0. The molecule has 8 heteroatoms. The number of aromatic nitrogens is 1. The van der Waals surface area contributed by atoms with Crippen LogP contribution < -0.4 is 15.5 Å². The van der Waals surface area contributed by atoms with Gasteiger partial charge >= 0.3 is 0 Å². The lowest BCUT2D eigenvalue weighted by Crippen LogP contribution is -2.44. The summed E-state index contributed by atoms with van der Waals surface area (Å²) in [5, 5.41) is 6.85. The molecule has 2 aliphatic rings. The first-order valence-corrected chi connectivity index (χ1v) is 10.9. The molecule has 1 aromatic heterocycles. The normalized spacial score (nSPS) is 19.0. The van der Waals surface area contributed by atoms with Gasteiger partial charge in [0.1, 0.15) is 5.82 Å². The third-order valence-corrected chi connectivity index (χ3v) is 5.57. The van der Waals surface area contributed by atoms with Gasteiger partial charge in [-0.25, -0.2) is 9.98 Å². The first-order chi connectivity index (χ1) is 13.7. The first kappa shape index (κ1) is 24.1. The molecule has 29 heavy (non-hydrogen) atoms. The molecule has 0 aromatic carbocycles. The number of likely N-dealkylation sites (N-methyl/N-ethyl adjacent to an activating group) is 1. The fourth-order valence-electron chi connectivity index (χ4n) is 3.79. The zero-order valence-electron chi connectivity index (χ0n) is 18.1. The minimum Gasteiger partial charge on any atom is -0.357 e. The van der Waals surface area contributed by atoms with Crippen molar-refractivity contribution in [2.75, 3.05) is 70.9 Å². The van der Waals surface area contributed by atoms with Gasteiger partial charge in [0, 0.05) is 52.0 Å². The maximum atomic E-state index is 4.79. The molecule has 2 N–H and O–H groups in total. The van der Waals surface area contributed by atoms with Crippen molar-refractivity contribution in [1.82, 2.24) is 25.4 Å². The summed E-state index contributed by atoms with van der Waals surface area (Å²) < 4.78 is 0. The average Bonchev–Trinajstić information content (AvgIpc) is 2.73. The Balaban J connectivity index is 0.00000300. The Morgan fingerprint density at radius 2 is 1.83 bits per heavy atom. The average molecular weight is 515 g/mol. The van der Waals surface area contributed by atoms with E-state index >= 15 is 0 Å². The SMILES string of the molecule is CCNC(=NCc1ccnc(N2CCN(C)CC2)c1)NCCN1CCCCC1.I. The van der Waals surface area contributed by atoms with Crippen molar-refractivity contribution in [3.8, 4) is 0 Å². The van der Waals surface area contributed by atoms with Crippen LogP contribution in [0.3, 0.4) is 0 Å². The van der Waals surface area contributed by atoms with Crippen molar-refractivity contribution < 1.29 is 0 Å². The molecule has 0 atom stereocenters. The van der Waals surface area contributed by atoms with Crippen LogP contribution in [-0.2, 0) is 6.54 Å². The molecule has 0 saturated carbocycles. The van der Waals surface area contributed by atoms with E-state index in [1.807, 2.05) is 6.20 Å². The standard InChI is InChI=1S/C21H37N7.HI/c1-3-22-21(24-9-12-27-10-5-4-6-11-27)25-18-19-7-8-23-20(17-19)28-15-13-26(2)14-16-28;/h7-8,17H,3-6,9-16,18H2,1-2H3,(H2,22,24,25);1H. The first-order valence-electron chi connectivity index (χ1n) is 10.9. The molecule has 0 bridgehead atoms. The van der Waals surface area contributed by atoms with E-state index < -0.39 is 0 Å². The van der Waals surface area contributed by atoms with E-state index in [1.54, 1.807) is 0 Å². The largest absolute Gasteiger partial charge is 0.357 e. The topological polar surface area (TPSA) is 59.0 Å². The lowest BCUT2D eigenvalue weighted by Gasteiger charge is -2.33. The van der Waals surface area contributed by atoms with E-state index in [0.717, 1.165) is 57.6 Å². The maximum Gasteiger partial charge on any atom is 0.191 e. The zero-order chi connectivity index (χ0) is 19.6. The van der Waals surface area contributed by atoms with Crippen LogP contribution in [-0.4, -0.2) is 86.7 Å². The van der Waals surface area contributed by atoms with Crippen LogP contribution in [0, 0.1) is 0 Å². The summed E-state index contributed by atoms with van der Waals surface area (Å²) in [4.78, 5) is 16.6. The molecule has 0 amide bonds. The number of halogens is 1. The number of nitrogens with one attached hydrogen (secondary N) is 2. The van der Waals surface area contributed by atoms with Crippen LogP contribution in [0.15, 0.2) is 23.3 Å². The highest BCUT2D eigenvalue weighted by Crippen LogP contribution is 2.15. The summed E-state index contributed by atoms with van der Waals surface area (Å²) in [6.07, 6.45) is 5.98. The Bertz CT molecular complexity index is 611. The lowest BCUT2D eigenvalue weighted by molar-refractivity contribution is 0.232. The Hall–Kier alpha value is -1.13. The molecular formula is C21H38IN7. The minimum absolute atomic E-state index is 0. The molecule has 2 fully saturated rings. The molecule has 3 heterocycles. The predicted molar refractivity (Wildman–Crippen MR) is 132 cm³/mol. The van der Waals surface area contributed by atoms with E-state index in [2.05, 4.69) is 56.4 Å². The fraction of sp³-hybridized carbons (Fsp3) is 0.714. The number of anilines is 1. The summed E-state index contributed by atoms with van der Waals surface area (Å²) in [6, 6.07) is 4.26. The van der Waals surface area contributed by atoms with Crippen LogP contribution in [0.5, 0.6) is 0 Å². The van der Waals surface area contributed by atoms with Gasteiger partial charge in [-0.2, -0.15) is 0 Å². The van der Waals surface area contributed by atoms with Gasteiger partial charge in [0.05, 0.1) is 6.54 Å². The molecule has 3 rings (SSSR count). The van der Waals surface area contributed by atoms with Crippen molar-refractivity contribution in [3.63, 3.8) is 0 Å². The van der Waals surface area contributed by atoms with Crippen molar-refractivity contribution >= 4 is 35.8 Å². The van der Waals surface area contributed by atoms with Gasteiger partial charge in [0.25, 0.3) is 0 Å². The molecule has 1 aromatic rings. The number of nitrogens with zero attached hydrogens (tertiary/aromatic N) is 5. The Labute approximate surface area is 193 Å². The van der Waals surface area contributed by atoms with Crippen LogP contribution >= 0.6 is 24.0 Å². The zero-order valence-corrected chi connectivity index (χ0v) is 20.4. The number of pyridine rings is 1. The lowest BCUT2D eigenvalue weighted by atomic mass is 10.1. The van der Waals surface area contributed by atoms with Gasteiger partial charge in [-0.05, 0) is 57.6 Å². The smallest absolute Gasteiger partial charge is 0.191 e. The number of guanidine groups is 1. The van der Waals surface area contributed by atoms with Crippen molar-refractivity contribution in [3.05, 3.63) is 23.9 Å². The summed E-state index contributed by atoms with van der Waals surface area (Å²) in [5.74, 6) is 1.97. The molecule has 164 valence electrons. The van der Waals surface area contributed by atoms with Gasteiger partial charge in [0.2, 0.25) is 0 Å². The van der Waals surface area contributed by atoms with Crippen molar-refractivity contribution in [2.45, 2.75) is 32.7 Å². The highest BCUT2D eigenvalue weighted by Gasteiger charge is 2.15. The highest BCUT2D eigenvalue weighted by molar-refractivity contribution is 14.0. The van der Waals surface area contributed by atoms with Gasteiger partial charge in [-0.3, -0.25) is 0 Å². The molecule has 0 aliphatic carbocycles. The summed E-state index contributed by atoms with van der Waals surface area (Å²) in [6.45, 7) is 12.4. The fourth-order valence-corrected chi connectivity index (χ4v) is 3.79. The molecule has 0 unspecified atom stereocenters. The number of piperidine rings is 1. The molecule has 7 nitrogen and oxygen atoms in total. The molecule has 2 saturated heterocycles. The second-order valence-corrected chi connectivity index (χ2v) is 7.84. The number of rotatable bonds is 7. The van der Waals surface area contributed by atoms with Crippen LogP contribution in [0.25, 0.3) is 0 Å². The predicted octanol–water partition coefficient (Wildman–Crippen LogP) is 1.99. The van der Waals surface area contributed by atoms with Gasteiger partial charge < -0.3 is 25.3 Å². The van der Waals surface area contributed by atoms with E-state index in [0.29, 0.717) is 6.54 Å². The van der Waals surface area contributed by atoms with E-state index in [-0.39, 0.29) is 24.0 Å². The van der Waals surface area contributed by atoms with Gasteiger partial charge in [-0.15, -0.1) is 24.0 Å². The van der Waals surface area contributed by atoms with Crippen molar-refractivity contribution in [1.29, 1.82) is 0 Å². The Kier molecular flexibility index (Phi) is 11.0. The third kappa shape index (κ3) is 8.25. The maximum absolute atomic E-state index is 4.79. The van der Waals surface area contributed by atoms with E-state index in [4.69, 9.17) is 4.99 Å². The van der Waals surface area contributed by atoms with Crippen molar-refractivity contribution in [2.24, 2.45) is 4.99 Å². The number of hydrogen-bond acceptors (Lipinski definition) is 5. The van der Waals surface area contributed by atoms with E-state index in [1.165, 1.54) is 37.9 Å². The Morgan fingerprint density at radius 3 is 2.55 bits per heavy atom. The molecular weight excluding hydrogens is 477 g/mol. The molecule has 0 spiro atoms. The van der Waals surface area contributed by atoms with Crippen LogP contribution in [0.1, 0.15) is 31.7 Å². The van der Waals surface area contributed by atoms with Gasteiger partial charge in [-0.1, -0.05) is 6.42 Å². The molecule has 2 aliphatic heterocycles. The number of likely N-dealkylation sites (tertiary alicyclic amines) is 1. The Morgan fingerprint density at radius 1 is 1.07 bits per heavy atom. The number of piperazine rings is 1. The highest BCUT2D eigenvalue weighted by atomic mass is 127. The summed E-state index contributed by atoms with van der Waals surface area (Å²) in [5.41, 5.74) is 1.21. The van der Waals surface area contributed by atoms with Crippen LogP contribution in [0.2, 0.25) is 0 Å². The van der Waals surface area contributed by atoms with Crippen LogP contribution in [0.4, 0.5) is 5.82 Å². The summed E-state index contributed by atoms with van der Waals surface area (Å²) in [7, 11) is 2.18. The second kappa shape index (κ2) is 13.2. The quantitative estimate of drug-likeness (QED) is 0.329.